The van der Waals surface area contributed by atoms with Crippen molar-refractivity contribution in [2.45, 2.75) is 52.4 Å². The summed E-state index contributed by atoms with van der Waals surface area (Å²) >= 11 is 0. The molecule has 4 nitrogen and oxygen atoms in total. The molecule has 112 valence electrons. The van der Waals surface area contributed by atoms with Crippen LogP contribution in [-0.4, -0.2) is 22.8 Å². The Balaban J connectivity index is 2.37. The molecule has 4 heteroatoms. The van der Waals surface area contributed by atoms with Crippen molar-refractivity contribution in [1.29, 1.82) is 0 Å². The Hall–Kier alpha value is -1.71. The van der Waals surface area contributed by atoms with Crippen molar-refractivity contribution in [3.05, 3.63) is 23.3 Å². The van der Waals surface area contributed by atoms with Gasteiger partial charge in [-0.2, -0.15) is 0 Å². The van der Waals surface area contributed by atoms with Gasteiger partial charge in [-0.3, -0.25) is 0 Å². The summed E-state index contributed by atoms with van der Waals surface area (Å²) < 4.78 is 5.08. The minimum atomic E-state index is -0.673. The quantitative estimate of drug-likeness (QED) is 0.559. The summed E-state index contributed by atoms with van der Waals surface area (Å²) in [5.41, 5.74) is 0.536. The highest BCUT2D eigenvalue weighted by molar-refractivity contribution is 5.95. The van der Waals surface area contributed by atoms with Gasteiger partial charge in [-0.05, 0) is 31.0 Å². The minimum absolute atomic E-state index is 0.151. The fourth-order valence-electron chi connectivity index (χ4n) is 2.08. The molecule has 0 heterocycles. The van der Waals surface area contributed by atoms with Crippen molar-refractivity contribution < 1.29 is 19.7 Å². The Morgan fingerprint density at radius 1 is 1.05 bits per heavy atom. The highest BCUT2D eigenvalue weighted by Gasteiger charge is 2.18. The van der Waals surface area contributed by atoms with Gasteiger partial charge in [-0.1, -0.05) is 39.0 Å². The lowest BCUT2D eigenvalue weighted by atomic mass is 10.1. The van der Waals surface area contributed by atoms with Crippen molar-refractivity contribution in [2.75, 3.05) is 6.61 Å². The number of carbonyl (C=O) groups is 1. The molecule has 0 radical (unpaired) electrons. The number of unbranched alkanes of at least 4 members (excludes halogenated alkanes) is 5. The van der Waals surface area contributed by atoms with Crippen LogP contribution in [0.15, 0.2) is 12.1 Å². The summed E-state index contributed by atoms with van der Waals surface area (Å²) in [6, 6.07) is 2.86. The second-order valence-electron chi connectivity index (χ2n) is 5.08. The third-order valence-corrected chi connectivity index (χ3v) is 3.18. The van der Waals surface area contributed by atoms with Gasteiger partial charge in [-0.15, -0.1) is 0 Å². The van der Waals surface area contributed by atoms with E-state index in [1.54, 1.807) is 6.92 Å². The van der Waals surface area contributed by atoms with E-state index in [9.17, 15) is 15.0 Å². The Morgan fingerprint density at radius 2 is 1.60 bits per heavy atom. The van der Waals surface area contributed by atoms with Crippen molar-refractivity contribution in [1.82, 2.24) is 0 Å². The van der Waals surface area contributed by atoms with Gasteiger partial charge >= 0.3 is 5.97 Å². The smallest absolute Gasteiger partial charge is 0.345 e. The molecular weight excluding hydrogens is 256 g/mol. The molecule has 0 aromatic heterocycles. The van der Waals surface area contributed by atoms with Crippen LogP contribution in [0.4, 0.5) is 0 Å². The van der Waals surface area contributed by atoms with Crippen LogP contribution in [-0.2, 0) is 4.74 Å². The number of phenolic OH excluding ortho intramolecular Hbond substituents is 2. The summed E-state index contributed by atoms with van der Waals surface area (Å²) in [7, 11) is 0. The van der Waals surface area contributed by atoms with E-state index in [1.807, 2.05) is 0 Å². The van der Waals surface area contributed by atoms with Crippen LogP contribution < -0.4 is 0 Å². The first-order chi connectivity index (χ1) is 9.56. The Labute approximate surface area is 120 Å². The van der Waals surface area contributed by atoms with E-state index in [2.05, 4.69) is 6.92 Å². The third kappa shape index (κ3) is 5.11. The fourth-order valence-corrected chi connectivity index (χ4v) is 2.08. The average molecular weight is 280 g/mol. The van der Waals surface area contributed by atoms with Gasteiger partial charge in [0.05, 0.1) is 6.61 Å². The normalized spacial score (nSPS) is 10.5. The number of aryl methyl sites for hydroxylation is 1. The van der Waals surface area contributed by atoms with Gasteiger partial charge in [0.25, 0.3) is 0 Å². The molecule has 20 heavy (non-hydrogen) atoms. The largest absolute Gasteiger partial charge is 0.507 e. The maximum Gasteiger partial charge on any atom is 0.345 e. The summed E-state index contributed by atoms with van der Waals surface area (Å²) in [6.45, 7) is 4.21. The highest BCUT2D eigenvalue weighted by atomic mass is 16.5. The average Bonchev–Trinajstić information content (AvgIpc) is 2.36. The number of phenols is 2. The maximum atomic E-state index is 11.8. The first-order valence-corrected chi connectivity index (χ1v) is 7.26. The SMILES string of the molecule is CCCCCCCCOC(=O)c1c(O)cc(C)cc1O. The van der Waals surface area contributed by atoms with Gasteiger partial charge in [-0.25, -0.2) is 4.79 Å². The van der Waals surface area contributed by atoms with Gasteiger partial charge in [0, 0.05) is 0 Å². The molecule has 0 amide bonds. The summed E-state index contributed by atoms with van der Waals surface area (Å²) in [6.07, 6.45) is 6.64. The monoisotopic (exact) mass is 280 g/mol. The minimum Gasteiger partial charge on any atom is -0.507 e. The zero-order chi connectivity index (χ0) is 15.0. The zero-order valence-corrected chi connectivity index (χ0v) is 12.3. The van der Waals surface area contributed by atoms with E-state index in [-0.39, 0.29) is 17.1 Å². The van der Waals surface area contributed by atoms with E-state index in [0.717, 1.165) is 19.3 Å². The number of rotatable bonds is 8. The van der Waals surface area contributed by atoms with Crippen LogP contribution in [0.25, 0.3) is 0 Å². The number of hydrogen-bond acceptors (Lipinski definition) is 4. The number of hydrogen-bond donors (Lipinski definition) is 2. The molecule has 0 saturated carbocycles. The van der Waals surface area contributed by atoms with E-state index >= 15 is 0 Å². The molecule has 0 aliphatic carbocycles. The second-order valence-corrected chi connectivity index (χ2v) is 5.08. The molecule has 0 saturated heterocycles. The lowest BCUT2D eigenvalue weighted by Gasteiger charge is -2.09. The van der Waals surface area contributed by atoms with Crippen LogP contribution in [0.2, 0.25) is 0 Å². The molecule has 1 aromatic rings. The molecule has 2 N–H and O–H groups in total. The van der Waals surface area contributed by atoms with Crippen LogP contribution in [0.1, 0.15) is 61.4 Å². The Bertz CT molecular complexity index is 417. The predicted octanol–water partition coefficient (Wildman–Crippen LogP) is 3.92. The third-order valence-electron chi connectivity index (χ3n) is 3.18. The maximum absolute atomic E-state index is 11.8. The van der Waals surface area contributed by atoms with E-state index in [1.165, 1.54) is 31.4 Å². The number of aromatic hydroxyl groups is 2. The predicted molar refractivity (Wildman–Crippen MR) is 78.2 cm³/mol. The number of benzene rings is 1. The zero-order valence-electron chi connectivity index (χ0n) is 12.3. The highest BCUT2D eigenvalue weighted by Crippen LogP contribution is 2.29. The molecular formula is C16H24O4. The van der Waals surface area contributed by atoms with Crippen molar-refractivity contribution in [3.63, 3.8) is 0 Å². The van der Waals surface area contributed by atoms with Crippen molar-refractivity contribution >= 4 is 5.97 Å². The molecule has 0 aliphatic rings. The van der Waals surface area contributed by atoms with Gasteiger partial charge in [0.1, 0.15) is 17.1 Å². The molecule has 0 fully saturated rings. The summed E-state index contributed by atoms with van der Waals surface area (Å²) in [5, 5.41) is 19.4. The molecule has 1 aromatic carbocycles. The molecule has 0 bridgehead atoms. The molecule has 0 atom stereocenters. The lowest BCUT2D eigenvalue weighted by Crippen LogP contribution is -2.07. The van der Waals surface area contributed by atoms with Gasteiger partial charge < -0.3 is 14.9 Å². The second kappa shape index (κ2) is 8.46. The van der Waals surface area contributed by atoms with Gasteiger partial charge in [0.2, 0.25) is 0 Å². The van der Waals surface area contributed by atoms with Crippen LogP contribution in [0.5, 0.6) is 11.5 Å². The van der Waals surface area contributed by atoms with E-state index < -0.39 is 5.97 Å². The molecule has 0 spiro atoms. The standard InChI is InChI=1S/C16H24O4/c1-3-4-5-6-7-8-9-20-16(19)15-13(17)10-12(2)11-14(15)18/h10-11,17-18H,3-9H2,1-2H3. The van der Waals surface area contributed by atoms with Crippen molar-refractivity contribution in [3.8, 4) is 11.5 Å². The Kier molecular flexibility index (Phi) is 6.91. The molecule has 1 rings (SSSR count). The summed E-state index contributed by atoms with van der Waals surface area (Å²) in [4.78, 5) is 11.8. The number of carbonyl (C=O) groups excluding carboxylic acids is 1. The van der Waals surface area contributed by atoms with E-state index in [0.29, 0.717) is 12.2 Å². The first kappa shape index (κ1) is 16.3. The van der Waals surface area contributed by atoms with Crippen LogP contribution in [0.3, 0.4) is 0 Å². The molecule has 0 unspecified atom stereocenters. The Morgan fingerprint density at radius 3 is 2.20 bits per heavy atom. The fraction of sp³-hybridized carbons (Fsp3) is 0.562. The van der Waals surface area contributed by atoms with Crippen LogP contribution >= 0.6 is 0 Å². The van der Waals surface area contributed by atoms with Gasteiger partial charge in [0.15, 0.2) is 0 Å². The lowest BCUT2D eigenvalue weighted by molar-refractivity contribution is 0.0491. The molecule has 0 aliphatic heterocycles. The summed E-state index contributed by atoms with van der Waals surface area (Å²) in [5.74, 6) is -1.15. The van der Waals surface area contributed by atoms with E-state index in [4.69, 9.17) is 4.74 Å². The number of ether oxygens (including phenoxy) is 1. The van der Waals surface area contributed by atoms with Crippen LogP contribution in [0, 0.1) is 6.92 Å². The van der Waals surface area contributed by atoms with Crippen molar-refractivity contribution in [2.24, 2.45) is 0 Å². The first-order valence-electron chi connectivity index (χ1n) is 7.26. The number of esters is 1. The topological polar surface area (TPSA) is 66.8 Å².